The van der Waals surface area contributed by atoms with Crippen LogP contribution in [-0.2, 0) is 0 Å². The number of benzene rings is 1. The molecule has 0 saturated heterocycles. The summed E-state index contributed by atoms with van der Waals surface area (Å²) in [5, 5.41) is 11.4. The van der Waals surface area contributed by atoms with Crippen molar-refractivity contribution in [1.82, 2.24) is 4.98 Å². The highest BCUT2D eigenvalue weighted by molar-refractivity contribution is 6.05. The number of nitrogens with one attached hydrogen (secondary N) is 1. The van der Waals surface area contributed by atoms with Crippen LogP contribution in [0.4, 0.5) is 20.6 Å². The molecule has 0 spiro atoms. The van der Waals surface area contributed by atoms with Gasteiger partial charge >= 0.3 is 12.0 Å². The highest BCUT2D eigenvalue weighted by Gasteiger charge is 2.16. The second-order valence-corrected chi connectivity index (χ2v) is 4.20. The molecule has 2 aromatic rings. The van der Waals surface area contributed by atoms with E-state index < -0.39 is 17.8 Å². The van der Waals surface area contributed by atoms with Crippen LogP contribution >= 0.6 is 0 Å². The smallest absolute Gasteiger partial charge is 0.337 e. The molecule has 0 bridgehead atoms. The number of hydrogen-bond acceptors (Lipinski definition) is 3. The topological polar surface area (TPSA) is 82.5 Å². The standard InChI is InChI=1S/C14H12FN3O3/c1-18(10-3-2-6-16-8-10)14(21)17-12-7-9(15)4-5-11(12)13(19)20/h2-8H,1H3,(H,17,21)(H,19,20). The van der Waals surface area contributed by atoms with Crippen molar-refractivity contribution >= 4 is 23.4 Å². The van der Waals surface area contributed by atoms with Gasteiger partial charge in [-0.05, 0) is 30.3 Å². The Hall–Kier alpha value is -2.96. The molecular weight excluding hydrogens is 277 g/mol. The lowest BCUT2D eigenvalue weighted by atomic mass is 10.2. The van der Waals surface area contributed by atoms with Gasteiger partial charge in [0.2, 0.25) is 0 Å². The number of carbonyl (C=O) groups excluding carboxylic acids is 1. The third kappa shape index (κ3) is 3.33. The van der Waals surface area contributed by atoms with Crippen molar-refractivity contribution in [2.24, 2.45) is 0 Å². The summed E-state index contributed by atoms with van der Waals surface area (Å²) in [6.45, 7) is 0. The summed E-state index contributed by atoms with van der Waals surface area (Å²) in [5.41, 5.74) is 0.218. The van der Waals surface area contributed by atoms with Gasteiger partial charge in [0.25, 0.3) is 0 Å². The summed E-state index contributed by atoms with van der Waals surface area (Å²) < 4.78 is 13.2. The van der Waals surface area contributed by atoms with E-state index in [1.807, 2.05) is 0 Å². The van der Waals surface area contributed by atoms with Gasteiger partial charge in [-0.25, -0.2) is 14.0 Å². The van der Waals surface area contributed by atoms with E-state index in [1.165, 1.54) is 18.1 Å². The number of urea groups is 1. The number of amides is 2. The molecule has 0 aliphatic carbocycles. The second-order valence-electron chi connectivity index (χ2n) is 4.20. The van der Waals surface area contributed by atoms with E-state index in [9.17, 15) is 14.0 Å². The van der Waals surface area contributed by atoms with Crippen LogP contribution in [0, 0.1) is 5.82 Å². The van der Waals surface area contributed by atoms with Crippen molar-refractivity contribution < 1.29 is 19.1 Å². The molecule has 1 aromatic carbocycles. The summed E-state index contributed by atoms with van der Waals surface area (Å²) in [7, 11) is 1.49. The van der Waals surface area contributed by atoms with Crippen molar-refractivity contribution in [3.8, 4) is 0 Å². The fourth-order valence-electron chi connectivity index (χ4n) is 1.67. The van der Waals surface area contributed by atoms with Crippen molar-refractivity contribution in [1.29, 1.82) is 0 Å². The lowest BCUT2D eigenvalue weighted by Crippen LogP contribution is -2.31. The zero-order chi connectivity index (χ0) is 15.4. The van der Waals surface area contributed by atoms with E-state index in [0.29, 0.717) is 5.69 Å². The molecule has 1 heterocycles. The van der Waals surface area contributed by atoms with Crippen LogP contribution in [0.2, 0.25) is 0 Å². The molecule has 0 saturated carbocycles. The second kappa shape index (κ2) is 6.00. The largest absolute Gasteiger partial charge is 0.478 e. The van der Waals surface area contributed by atoms with Crippen LogP contribution in [0.15, 0.2) is 42.7 Å². The van der Waals surface area contributed by atoms with Gasteiger partial charge in [0.1, 0.15) is 5.82 Å². The average molecular weight is 289 g/mol. The zero-order valence-electron chi connectivity index (χ0n) is 11.1. The first kappa shape index (κ1) is 14.4. The SMILES string of the molecule is CN(C(=O)Nc1cc(F)ccc1C(=O)O)c1cccnc1. The highest BCUT2D eigenvalue weighted by Crippen LogP contribution is 2.19. The number of nitrogens with zero attached hydrogens (tertiary/aromatic N) is 2. The molecule has 2 amide bonds. The van der Waals surface area contributed by atoms with Gasteiger partial charge in [-0.2, -0.15) is 0 Å². The van der Waals surface area contributed by atoms with Gasteiger partial charge in [0.15, 0.2) is 0 Å². The summed E-state index contributed by atoms with van der Waals surface area (Å²) in [4.78, 5) is 28.2. The van der Waals surface area contributed by atoms with Gasteiger partial charge in [0, 0.05) is 13.2 Å². The van der Waals surface area contributed by atoms with E-state index in [2.05, 4.69) is 10.3 Å². The van der Waals surface area contributed by atoms with Crippen LogP contribution in [0.5, 0.6) is 0 Å². The van der Waals surface area contributed by atoms with E-state index in [1.54, 1.807) is 18.3 Å². The van der Waals surface area contributed by atoms with Crippen LogP contribution in [0.3, 0.4) is 0 Å². The van der Waals surface area contributed by atoms with E-state index in [4.69, 9.17) is 5.11 Å². The summed E-state index contributed by atoms with van der Waals surface area (Å²) in [5.74, 6) is -1.89. The number of carboxylic acid groups (broad SMARTS) is 1. The van der Waals surface area contributed by atoms with E-state index >= 15 is 0 Å². The fourth-order valence-corrected chi connectivity index (χ4v) is 1.67. The van der Waals surface area contributed by atoms with Crippen molar-refractivity contribution in [2.45, 2.75) is 0 Å². The quantitative estimate of drug-likeness (QED) is 0.909. The maximum absolute atomic E-state index is 13.2. The lowest BCUT2D eigenvalue weighted by Gasteiger charge is -2.18. The van der Waals surface area contributed by atoms with Crippen LogP contribution < -0.4 is 10.2 Å². The molecule has 0 unspecified atom stereocenters. The Kier molecular flexibility index (Phi) is 4.13. The predicted octanol–water partition coefficient (Wildman–Crippen LogP) is 2.59. The van der Waals surface area contributed by atoms with Crippen LogP contribution in [0.1, 0.15) is 10.4 Å². The lowest BCUT2D eigenvalue weighted by molar-refractivity contribution is 0.0698. The van der Waals surface area contributed by atoms with Gasteiger partial charge in [-0.3, -0.25) is 9.88 Å². The molecule has 0 fully saturated rings. The van der Waals surface area contributed by atoms with Gasteiger partial charge in [0.05, 0.1) is 23.1 Å². The van der Waals surface area contributed by atoms with Gasteiger partial charge < -0.3 is 10.4 Å². The molecule has 7 heteroatoms. The Morgan fingerprint density at radius 1 is 1.33 bits per heavy atom. The van der Waals surface area contributed by atoms with Gasteiger partial charge in [-0.1, -0.05) is 0 Å². The van der Waals surface area contributed by atoms with Crippen LogP contribution in [0.25, 0.3) is 0 Å². The fraction of sp³-hybridized carbons (Fsp3) is 0.0714. The number of carboxylic acids is 1. The predicted molar refractivity (Wildman–Crippen MR) is 75.0 cm³/mol. The summed E-state index contributed by atoms with van der Waals surface area (Å²) in [6, 6.07) is 5.79. The van der Waals surface area contributed by atoms with Crippen molar-refractivity contribution in [2.75, 3.05) is 17.3 Å². The molecule has 2 N–H and O–H groups in total. The Morgan fingerprint density at radius 2 is 2.10 bits per heavy atom. The number of aromatic carboxylic acids is 1. The monoisotopic (exact) mass is 289 g/mol. The molecule has 21 heavy (non-hydrogen) atoms. The first-order valence-electron chi connectivity index (χ1n) is 5.96. The molecule has 0 atom stereocenters. The van der Waals surface area contributed by atoms with Crippen molar-refractivity contribution in [3.05, 3.63) is 54.1 Å². The molecule has 0 aliphatic heterocycles. The van der Waals surface area contributed by atoms with Crippen molar-refractivity contribution in [3.63, 3.8) is 0 Å². The molecule has 6 nitrogen and oxygen atoms in total. The molecule has 0 radical (unpaired) electrons. The molecule has 2 rings (SSSR count). The van der Waals surface area contributed by atoms with E-state index in [0.717, 1.165) is 18.2 Å². The maximum Gasteiger partial charge on any atom is 0.337 e. The van der Waals surface area contributed by atoms with E-state index in [-0.39, 0.29) is 11.3 Å². The Labute approximate surface area is 119 Å². The molecule has 108 valence electrons. The molecule has 0 aliphatic rings. The first-order valence-corrected chi connectivity index (χ1v) is 5.96. The molecular formula is C14H12FN3O3. The molecule has 1 aromatic heterocycles. The maximum atomic E-state index is 13.2. The number of carbonyl (C=O) groups is 2. The third-order valence-corrected chi connectivity index (χ3v) is 2.79. The minimum absolute atomic E-state index is 0.108. The zero-order valence-corrected chi connectivity index (χ0v) is 11.1. The number of aromatic nitrogens is 1. The summed E-state index contributed by atoms with van der Waals surface area (Å²) in [6.07, 6.45) is 3.04. The highest BCUT2D eigenvalue weighted by atomic mass is 19.1. The number of rotatable bonds is 3. The minimum Gasteiger partial charge on any atom is -0.478 e. The Balaban J connectivity index is 2.24. The minimum atomic E-state index is -1.26. The normalized spacial score (nSPS) is 10.0. The van der Waals surface area contributed by atoms with Gasteiger partial charge in [-0.15, -0.1) is 0 Å². The number of hydrogen-bond donors (Lipinski definition) is 2. The average Bonchev–Trinajstić information content (AvgIpc) is 2.47. The van der Waals surface area contributed by atoms with Crippen LogP contribution in [-0.4, -0.2) is 29.1 Å². The Bertz CT molecular complexity index is 676. The number of anilines is 2. The third-order valence-electron chi connectivity index (χ3n) is 2.79. The number of halogens is 1. The summed E-state index contributed by atoms with van der Waals surface area (Å²) >= 11 is 0. The number of pyridine rings is 1. The first-order chi connectivity index (χ1) is 9.99. The Morgan fingerprint density at radius 3 is 2.71 bits per heavy atom.